The molecular formula is C85H61N3. The fraction of sp³-hybridized carbons (Fsp3) is 0.0824. The molecule has 0 saturated heterocycles. The third kappa shape index (κ3) is 7.31. The maximum atomic E-state index is 2.64. The van der Waals surface area contributed by atoms with E-state index in [4.69, 9.17) is 0 Å². The molecule has 416 valence electrons. The van der Waals surface area contributed by atoms with E-state index in [2.05, 4.69) is 337 Å². The van der Waals surface area contributed by atoms with Crippen molar-refractivity contribution in [3.8, 4) is 44.8 Å². The summed E-state index contributed by atoms with van der Waals surface area (Å²) in [5, 5.41) is 6.30. The predicted octanol–water partition coefficient (Wildman–Crippen LogP) is 22.1. The van der Waals surface area contributed by atoms with Gasteiger partial charge in [0, 0.05) is 67.3 Å². The highest BCUT2D eigenvalue weighted by atomic mass is 15.1. The highest BCUT2D eigenvalue weighted by molar-refractivity contribution is 6.12. The SMILES string of the molecule is CC1CC=Cc2c1n(-c1ccc(-c3ccc(N(c4ccc5cc(C6=CC7C(C)(C=C6)c6ccccc6C76c7ccccc7-n7c8ccccc8c8cccc6c87)ccc5c4)c4ccccc4-c4cccc(-c5ccccc5)c4)cc3)cc1)c1ccccc21. The van der Waals surface area contributed by atoms with Crippen molar-refractivity contribution in [1.82, 2.24) is 9.13 Å². The zero-order valence-electron chi connectivity index (χ0n) is 49.1. The van der Waals surface area contributed by atoms with Gasteiger partial charge in [-0.2, -0.15) is 0 Å². The lowest BCUT2D eigenvalue weighted by atomic mass is 9.58. The van der Waals surface area contributed by atoms with Gasteiger partial charge in [-0.1, -0.05) is 250 Å². The molecule has 3 nitrogen and oxygen atoms in total. The van der Waals surface area contributed by atoms with Gasteiger partial charge in [0.15, 0.2) is 0 Å². The molecule has 18 rings (SSSR count). The van der Waals surface area contributed by atoms with Gasteiger partial charge in [0.2, 0.25) is 0 Å². The minimum absolute atomic E-state index is 0.0966. The van der Waals surface area contributed by atoms with Crippen LogP contribution >= 0.6 is 0 Å². The number of benzene rings is 12. The highest BCUT2D eigenvalue weighted by Crippen LogP contribution is 2.66. The Hall–Kier alpha value is -10.7. The molecule has 1 aliphatic heterocycles. The number of para-hydroxylation sites is 5. The highest BCUT2D eigenvalue weighted by Gasteiger charge is 2.61. The minimum atomic E-state index is -0.436. The number of fused-ring (bicyclic) bond motifs is 16. The molecule has 0 amide bonds. The van der Waals surface area contributed by atoms with Gasteiger partial charge in [-0.15, -0.1) is 0 Å². The maximum Gasteiger partial charge on any atom is 0.0585 e. The molecule has 3 heterocycles. The summed E-state index contributed by atoms with van der Waals surface area (Å²) in [5.41, 5.74) is 26.7. The van der Waals surface area contributed by atoms with Crippen molar-refractivity contribution < 1.29 is 0 Å². The van der Waals surface area contributed by atoms with Crippen LogP contribution in [0.15, 0.2) is 303 Å². The molecule has 0 bridgehead atoms. The Morgan fingerprint density at radius 3 is 1.88 bits per heavy atom. The monoisotopic (exact) mass is 1120 g/mol. The van der Waals surface area contributed by atoms with Crippen LogP contribution in [0.5, 0.6) is 0 Å². The van der Waals surface area contributed by atoms with Gasteiger partial charge < -0.3 is 14.0 Å². The number of hydrogen-bond acceptors (Lipinski definition) is 1. The van der Waals surface area contributed by atoms with Gasteiger partial charge in [0.1, 0.15) is 0 Å². The number of rotatable bonds is 8. The Morgan fingerprint density at radius 2 is 1.03 bits per heavy atom. The van der Waals surface area contributed by atoms with Crippen LogP contribution in [0, 0.1) is 5.92 Å². The van der Waals surface area contributed by atoms with Gasteiger partial charge in [0.25, 0.3) is 0 Å². The van der Waals surface area contributed by atoms with Gasteiger partial charge in [-0.25, -0.2) is 0 Å². The molecule has 12 aromatic carbocycles. The van der Waals surface area contributed by atoms with Crippen LogP contribution in [0.25, 0.3) is 99.9 Å². The first-order valence-corrected chi connectivity index (χ1v) is 31.2. The maximum absolute atomic E-state index is 2.64. The van der Waals surface area contributed by atoms with Crippen LogP contribution < -0.4 is 4.90 Å². The Bertz CT molecular complexity index is 5280. The molecule has 3 aliphatic carbocycles. The predicted molar refractivity (Wildman–Crippen MR) is 369 cm³/mol. The Balaban J connectivity index is 0.741. The van der Waals surface area contributed by atoms with Crippen LogP contribution in [0.2, 0.25) is 0 Å². The average molecular weight is 1120 g/mol. The van der Waals surface area contributed by atoms with Gasteiger partial charge in [-0.05, 0) is 151 Å². The standard InChI is InChI=1S/C85H61N3/c1-55-19-16-27-71-69-25-7-13-34-78(69)87(82(55)71)66-46-41-58(42-47-66)57-39-44-65(45-40-57)86(77-33-12-6-24-68(77)64-23-17-22-59(52-64)56-20-4-3-5-21-56)67-48-43-61-51-60(37-38-62(61)53-67)63-49-50-84(2)73-29-9-10-30-74(73)85(81(84)54-63)75-31-11-15-36-80(75)88-79-35-14-8-26-70(79)72-28-18-32-76(85)83(72)88/h3-18,20-55,81H,19H2,1-2H3. The zero-order chi connectivity index (χ0) is 58.2. The molecule has 1 spiro atoms. The summed E-state index contributed by atoms with van der Waals surface area (Å²) in [7, 11) is 0. The van der Waals surface area contributed by atoms with Gasteiger partial charge in [-0.3, -0.25) is 0 Å². The molecule has 0 fully saturated rings. The van der Waals surface area contributed by atoms with Crippen LogP contribution in [0.4, 0.5) is 17.1 Å². The molecule has 3 heteroatoms. The van der Waals surface area contributed by atoms with E-state index in [-0.39, 0.29) is 11.3 Å². The lowest BCUT2D eigenvalue weighted by Crippen LogP contribution is -2.42. The molecule has 14 aromatic rings. The second kappa shape index (κ2) is 19.4. The summed E-state index contributed by atoms with van der Waals surface area (Å²) in [6, 6.07) is 104. The first-order valence-electron chi connectivity index (χ1n) is 31.2. The minimum Gasteiger partial charge on any atom is -0.313 e. The van der Waals surface area contributed by atoms with Crippen molar-refractivity contribution in [2.24, 2.45) is 5.92 Å². The van der Waals surface area contributed by atoms with Crippen molar-refractivity contribution in [2.45, 2.75) is 37.0 Å². The number of anilines is 3. The fourth-order valence-corrected chi connectivity index (χ4v) is 16.3. The van der Waals surface area contributed by atoms with Crippen LogP contribution in [-0.4, -0.2) is 9.13 Å². The van der Waals surface area contributed by atoms with Crippen LogP contribution in [-0.2, 0) is 10.8 Å². The van der Waals surface area contributed by atoms with Crippen LogP contribution in [0.1, 0.15) is 65.3 Å². The van der Waals surface area contributed by atoms with Crippen LogP contribution in [0.3, 0.4) is 0 Å². The van der Waals surface area contributed by atoms with Gasteiger partial charge >= 0.3 is 0 Å². The summed E-state index contributed by atoms with van der Waals surface area (Å²) in [6.07, 6.45) is 13.3. The molecule has 2 aromatic heterocycles. The van der Waals surface area contributed by atoms with Crippen molar-refractivity contribution in [1.29, 1.82) is 0 Å². The number of nitrogens with zero attached hydrogens (tertiary/aromatic N) is 3. The lowest BCUT2D eigenvalue weighted by molar-refractivity contribution is 0.366. The van der Waals surface area contributed by atoms with Crippen molar-refractivity contribution in [2.75, 3.05) is 4.90 Å². The summed E-state index contributed by atoms with van der Waals surface area (Å²) in [6.45, 7) is 4.83. The van der Waals surface area contributed by atoms with E-state index in [1.54, 1.807) is 0 Å². The molecule has 88 heavy (non-hydrogen) atoms. The lowest BCUT2D eigenvalue weighted by Gasteiger charge is -2.45. The largest absolute Gasteiger partial charge is 0.313 e. The summed E-state index contributed by atoms with van der Waals surface area (Å²) in [4.78, 5) is 2.45. The molecule has 0 saturated carbocycles. The second-order valence-electron chi connectivity index (χ2n) is 25.0. The molecular weight excluding hydrogens is 1060 g/mol. The Labute approximate surface area is 513 Å². The van der Waals surface area contributed by atoms with Gasteiger partial charge in [0.05, 0.1) is 33.3 Å². The van der Waals surface area contributed by atoms with Crippen molar-refractivity contribution >= 4 is 72.2 Å². The van der Waals surface area contributed by atoms with E-state index < -0.39 is 5.41 Å². The third-order valence-corrected chi connectivity index (χ3v) is 20.3. The molecule has 4 aliphatic rings. The molecule has 4 atom stereocenters. The molecule has 0 radical (unpaired) electrons. The first kappa shape index (κ1) is 50.6. The average Bonchev–Trinajstić information content (AvgIpc) is 1.47. The molecule has 0 N–H and O–H groups in total. The van der Waals surface area contributed by atoms with Crippen molar-refractivity contribution in [3.63, 3.8) is 0 Å². The Morgan fingerprint density at radius 1 is 0.432 bits per heavy atom. The fourth-order valence-electron chi connectivity index (χ4n) is 16.3. The third-order valence-electron chi connectivity index (χ3n) is 20.3. The van der Waals surface area contributed by atoms with E-state index in [1.165, 1.54) is 127 Å². The zero-order valence-corrected chi connectivity index (χ0v) is 49.1. The normalized spacial score (nSPS) is 18.6. The quantitative estimate of drug-likeness (QED) is 0.148. The van der Waals surface area contributed by atoms with E-state index >= 15 is 0 Å². The first-order chi connectivity index (χ1) is 43.4. The second-order valence-corrected chi connectivity index (χ2v) is 25.0. The summed E-state index contributed by atoms with van der Waals surface area (Å²) >= 11 is 0. The summed E-state index contributed by atoms with van der Waals surface area (Å²) in [5.74, 6) is 0.530. The number of allylic oxidation sites excluding steroid dienone is 5. The Kier molecular flexibility index (Phi) is 11.1. The van der Waals surface area contributed by atoms with E-state index in [0.717, 1.165) is 29.0 Å². The summed E-state index contributed by atoms with van der Waals surface area (Å²) < 4.78 is 5.04. The smallest absolute Gasteiger partial charge is 0.0585 e. The number of aromatic nitrogens is 2. The van der Waals surface area contributed by atoms with E-state index in [9.17, 15) is 0 Å². The molecule has 4 unspecified atom stereocenters. The topological polar surface area (TPSA) is 13.1 Å². The number of hydrogen-bond donors (Lipinski definition) is 0. The van der Waals surface area contributed by atoms with E-state index in [0.29, 0.717) is 5.92 Å². The van der Waals surface area contributed by atoms with Crippen molar-refractivity contribution in [3.05, 3.63) is 342 Å². The van der Waals surface area contributed by atoms with E-state index in [1.807, 2.05) is 0 Å².